The van der Waals surface area contributed by atoms with E-state index < -0.39 is 17.8 Å². The van der Waals surface area contributed by atoms with Crippen molar-refractivity contribution in [3.63, 3.8) is 0 Å². The number of nitrogens with zero attached hydrogens (tertiary/aromatic N) is 1. The van der Waals surface area contributed by atoms with Crippen molar-refractivity contribution in [1.82, 2.24) is 10.2 Å². The van der Waals surface area contributed by atoms with Gasteiger partial charge in [0.2, 0.25) is 5.91 Å². The molecule has 0 radical (unpaired) electrons. The number of nitrogens with one attached hydrogen (secondary N) is 1. The summed E-state index contributed by atoms with van der Waals surface area (Å²) in [6, 6.07) is 0. The molecule has 1 saturated heterocycles. The Kier molecular flexibility index (Phi) is 8.29. The molecule has 1 rings (SSSR count). The molecule has 1 aliphatic rings. The second kappa shape index (κ2) is 9.69. The van der Waals surface area contributed by atoms with E-state index in [4.69, 9.17) is 14.2 Å². The summed E-state index contributed by atoms with van der Waals surface area (Å²) < 4.78 is 15.8. The van der Waals surface area contributed by atoms with Gasteiger partial charge in [0.1, 0.15) is 5.60 Å². The van der Waals surface area contributed by atoms with E-state index in [1.807, 2.05) is 0 Å². The second-order valence-electron chi connectivity index (χ2n) is 6.35. The maximum atomic E-state index is 11.4. The lowest BCUT2D eigenvalue weighted by Crippen LogP contribution is -2.34. The van der Waals surface area contributed by atoms with Gasteiger partial charge in [-0.15, -0.1) is 0 Å². The number of carbonyl (C=O) groups excluding carboxylic acids is 2. The van der Waals surface area contributed by atoms with E-state index in [0.29, 0.717) is 46.1 Å². The van der Waals surface area contributed by atoms with Gasteiger partial charge >= 0.3 is 6.09 Å². The van der Waals surface area contributed by atoms with Crippen LogP contribution in [0.2, 0.25) is 0 Å². The van der Waals surface area contributed by atoms with Gasteiger partial charge in [-0.25, -0.2) is 4.79 Å². The first-order chi connectivity index (χ1) is 10.8. The molecule has 1 fully saturated rings. The van der Waals surface area contributed by atoms with E-state index in [-0.39, 0.29) is 12.3 Å². The van der Waals surface area contributed by atoms with Gasteiger partial charge in [0.15, 0.2) is 0 Å². The highest BCUT2D eigenvalue weighted by atomic mass is 16.6. The summed E-state index contributed by atoms with van der Waals surface area (Å²) in [5, 5.41) is 11.9. The van der Waals surface area contributed by atoms with Crippen LogP contribution >= 0.6 is 0 Å². The first kappa shape index (κ1) is 19.7. The summed E-state index contributed by atoms with van der Waals surface area (Å²) in [5.74, 6) is -0.0365. The predicted octanol–water partition coefficient (Wildman–Crippen LogP) is 0.138. The number of ether oxygens (including phenoxy) is 3. The molecule has 134 valence electrons. The van der Waals surface area contributed by atoms with Crippen molar-refractivity contribution in [3.8, 4) is 0 Å². The van der Waals surface area contributed by atoms with Crippen LogP contribution in [0.4, 0.5) is 4.79 Å². The van der Waals surface area contributed by atoms with Crippen LogP contribution in [0.25, 0.3) is 0 Å². The lowest BCUT2D eigenvalue weighted by molar-refractivity contribution is -0.128. The van der Waals surface area contributed by atoms with Crippen LogP contribution in [0.15, 0.2) is 0 Å². The van der Waals surface area contributed by atoms with Crippen LogP contribution in [-0.4, -0.2) is 79.8 Å². The van der Waals surface area contributed by atoms with Gasteiger partial charge in [-0.3, -0.25) is 4.79 Å². The van der Waals surface area contributed by atoms with Crippen molar-refractivity contribution in [2.45, 2.75) is 38.9 Å². The fraction of sp³-hybridized carbons (Fsp3) is 0.867. The van der Waals surface area contributed by atoms with Crippen LogP contribution < -0.4 is 5.32 Å². The summed E-state index contributed by atoms with van der Waals surface area (Å²) in [6.07, 6.45) is -0.813. The number of aliphatic hydroxyl groups excluding tert-OH is 1. The molecule has 8 nitrogen and oxygen atoms in total. The Morgan fingerprint density at radius 3 is 2.48 bits per heavy atom. The second-order valence-corrected chi connectivity index (χ2v) is 6.35. The molecule has 1 atom stereocenters. The molecule has 0 saturated carbocycles. The molecule has 1 heterocycles. The lowest BCUT2D eigenvalue weighted by atomic mass is 10.2. The number of hydrogen-bond acceptors (Lipinski definition) is 6. The highest BCUT2D eigenvalue weighted by molar-refractivity contribution is 5.78. The van der Waals surface area contributed by atoms with Gasteiger partial charge in [0, 0.05) is 19.6 Å². The average molecular weight is 332 g/mol. The van der Waals surface area contributed by atoms with E-state index in [2.05, 4.69) is 5.32 Å². The van der Waals surface area contributed by atoms with Crippen molar-refractivity contribution in [3.05, 3.63) is 0 Å². The Balaban J connectivity index is 1.88. The van der Waals surface area contributed by atoms with E-state index in [1.165, 1.54) is 0 Å². The molecular weight excluding hydrogens is 304 g/mol. The monoisotopic (exact) mass is 332 g/mol. The van der Waals surface area contributed by atoms with Crippen molar-refractivity contribution < 1.29 is 28.9 Å². The van der Waals surface area contributed by atoms with Gasteiger partial charge < -0.3 is 29.5 Å². The molecule has 1 unspecified atom stereocenters. The average Bonchev–Trinajstić information content (AvgIpc) is 2.73. The number of likely N-dealkylation sites (tertiary alicyclic amines) is 1. The number of aliphatic hydroxyl groups is 1. The molecule has 0 aliphatic carbocycles. The van der Waals surface area contributed by atoms with Crippen molar-refractivity contribution >= 4 is 12.0 Å². The number of amides is 2. The third-order valence-corrected chi connectivity index (χ3v) is 2.99. The molecule has 2 N–H and O–H groups in total. The minimum absolute atomic E-state index is 0.0365. The minimum Gasteiger partial charge on any atom is -0.444 e. The van der Waals surface area contributed by atoms with Crippen molar-refractivity contribution in [1.29, 1.82) is 0 Å². The summed E-state index contributed by atoms with van der Waals surface area (Å²) in [6.45, 7) is 8.26. The maximum Gasteiger partial charge on any atom is 0.407 e. The van der Waals surface area contributed by atoms with Gasteiger partial charge in [-0.1, -0.05) is 0 Å². The molecule has 0 aromatic carbocycles. The number of β-amino-alcohol motifs (C(OH)–C–C–N with tert-alkyl or cyclic N) is 1. The smallest absolute Gasteiger partial charge is 0.407 e. The summed E-state index contributed by atoms with van der Waals surface area (Å²) in [5.41, 5.74) is -0.508. The molecule has 8 heteroatoms. The molecule has 2 amide bonds. The zero-order valence-electron chi connectivity index (χ0n) is 14.2. The van der Waals surface area contributed by atoms with Crippen LogP contribution in [0, 0.1) is 0 Å². The third kappa shape index (κ3) is 9.37. The largest absolute Gasteiger partial charge is 0.444 e. The number of carbonyl (C=O) groups is 2. The Labute approximate surface area is 137 Å². The first-order valence-electron chi connectivity index (χ1n) is 7.86. The summed E-state index contributed by atoms with van der Waals surface area (Å²) in [7, 11) is 0. The maximum absolute atomic E-state index is 11.4. The van der Waals surface area contributed by atoms with Gasteiger partial charge in [0.25, 0.3) is 0 Å². The van der Waals surface area contributed by atoms with E-state index in [1.54, 1.807) is 25.7 Å². The Bertz CT molecular complexity index is 383. The molecule has 0 bridgehead atoms. The lowest BCUT2D eigenvalue weighted by Gasteiger charge is -2.19. The molecule has 23 heavy (non-hydrogen) atoms. The summed E-state index contributed by atoms with van der Waals surface area (Å²) >= 11 is 0. The molecule has 0 aromatic rings. The van der Waals surface area contributed by atoms with Crippen LogP contribution in [0.5, 0.6) is 0 Å². The highest BCUT2D eigenvalue weighted by Gasteiger charge is 2.27. The van der Waals surface area contributed by atoms with Crippen molar-refractivity contribution in [2.75, 3.05) is 46.1 Å². The van der Waals surface area contributed by atoms with Gasteiger partial charge in [-0.05, 0) is 20.8 Å². The topological polar surface area (TPSA) is 97.3 Å². The zero-order chi connectivity index (χ0) is 17.3. The number of rotatable bonds is 9. The highest BCUT2D eigenvalue weighted by Crippen LogP contribution is 2.09. The van der Waals surface area contributed by atoms with Crippen molar-refractivity contribution in [2.24, 2.45) is 0 Å². The Morgan fingerprint density at radius 2 is 1.91 bits per heavy atom. The Hall–Kier alpha value is -1.38. The fourth-order valence-electron chi connectivity index (χ4n) is 2.00. The normalized spacial score (nSPS) is 18.3. The van der Waals surface area contributed by atoms with Crippen LogP contribution in [-0.2, 0) is 19.0 Å². The first-order valence-corrected chi connectivity index (χ1v) is 7.86. The van der Waals surface area contributed by atoms with Gasteiger partial charge in [-0.2, -0.15) is 0 Å². The number of hydrogen-bond donors (Lipinski definition) is 2. The SMILES string of the molecule is CC(C)(C)OC(=O)NCCOCCOCCN1CC(O)CC1=O. The summed E-state index contributed by atoms with van der Waals surface area (Å²) in [4.78, 5) is 24.3. The van der Waals surface area contributed by atoms with Crippen LogP contribution in [0.1, 0.15) is 27.2 Å². The molecule has 1 aliphatic heterocycles. The Morgan fingerprint density at radius 1 is 1.26 bits per heavy atom. The molecule has 0 spiro atoms. The zero-order valence-corrected chi connectivity index (χ0v) is 14.2. The molecular formula is C15H28N2O6. The predicted molar refractivity (Wildman–Crippen MR) is 83.1 cm³/mol. The van der Waals surface area contributed by atoms with E-state index in [0.717, 1.165) is 0 Å². The van der Waals surface area contributed by atoms with E-state index >= 15 is 0 Å². The standard InChI is InChI=1S/C15H28N2O6/c1-15(2,3)23-14(20)16-4-6-21-8-9-22-7-5-17-11-12(18)10-13(17)19/h12,18H,4-11H2,1-3H3,(H,16,20). The van der Waals surface area contributed by atoms with E-state index in [9.17, 15) is 14.7 Å². The quantitative estimate of drug-likeness (QED) is 0.583. The van der Waals surface area contributed by atoms with Gasteiger partial charge in [0.05, 0.1) is 39.0 Å². The minimum atomic E-state index is -0.552. The van der Waals surface area contributed by atoms with Crippen LogP contribution in [0.3, 0.4) is 0 Å². The third-order valence-electron chi connectivity index (χ3n) is 2.99. The number of alkyl carbamates (subject to hydrolysis) is 1. The molecule has 0 aromatic heterocycles. The fourth-order valence-corrected chi connectivity index (χ4v) is 2.00.